The van der Waals surface area contributed by atoms with Crippen molar-refractivity contribution in [1.82, 2.24) is 20.2 Å². The van der Waals surface area contributed by atoms with Gasteiger partial charge in [-0.15, -0.1) is 5.10 Å². The summed E-state index contributed by atoms with van der Waals surface area (Å²) in [6.07, 6.45) is 1.91. The third-order valence-corrected chi connectivity index (χ3v) is 3.95. The van der Waals surface area contributed by atoms with Crippen LogP contribution in [0.25, 0.3) is 0 Å². The van der Waals surface area contributed by atoms with Crippen LogP contribution < -0.4 is 4.74 Å². The van der Waals surface area contributed by atoms with Crippen molar-refractivity contribution in [2.45, 2.75) is 31.4 Å². The van der Waals surface area contributed by atoms with E-state index in [0.29, 0.717) is 29.4 Å². The van der Waals surface area contributed by atoms with E-state index in [2.05, 4.69) is 15.5 Å². The minimum atomic E-state index is -1.03. The van der Waals surface area contributed by atoms with Crippen LogP contribution in [0.15, 0.2) is 24.3 Å². The molecule has 8 heteroatoms. The molecule has 7 nitrogen and oxygen atoms in total. The molecule has 110 valence electrons. The Hall–Kier alpha value is -2.15. The summed E-state index contributed by atoms with van der Waals surface area (Å²) >= 11 is 5.80. The molecule has 0 saturated heterocycles. The Morgan fingerprint density at radius 2 is 2.10 bits per heavy atom. The summed E-state index contributed by atoms with van der Waals surface area (Å²) in [5.41, 5.74) is -1.03. The second-order valence-electron chi connectivity index (χ2n) is 4.94. The quantitative estimate of drug-likeness (QED) is 0.907. The summed E-state index contributed by atoms with van der Waals surface area (Å²) in [6, 6.07) is 6.88. The lowest BCUT2D eigenvalue weighted by molar-refractivity contribution is -0.153. The molecule has 1 saturated carbocycles. The summed E-state index contributed by atoms with van der Waals surface area (Å²) in [6.45, 7) is 0.101. The number of benzene rings is 1. The van der Waals surface area contributed by atoms with Gasteiger partial charge in [0.2, 0.25) is 0 Å². The van der Waals surface area contributed by atoms with Gasteiger partial charge in [0.25, 0.3) is 0 Å². The monoisotopic (exact) mass is 308 g/mol. The Kier molecular flexibility index (Phi) is 3.50. The average molecular weight is 309 g/mol. The number of rotatable bonds is 5. The van der Waals surface area contributed by atoms with Crippen molar-refractivity contribution < 1.29 is 14.6 Å². The molecular formula is C13H13ClN4O3. The molecule has 0 atom stereocenters. The van der Waals surface area contributed by atoms with Crippen LogP contribution in [0.3, 0.4) is 0 Å². The average Bonchev–Trinajstić information content (AvgIpc) is 2.85. The highest BCUT2D eigenvalue weighted by atomic mass is 35.5. The maximum absolute atomic E-state index is 11.5. The Bertz CT molecular complexity index is 652. The van der Waals surface area contributed by atoms with Crippen LogP contribution in [-0.4, -0.2) is 31.3 Å². The van der Waals surface area contributed by atoms with E-state index in [0.717, 1.165) is 6.42 Å². The first kappa shape index (κ1) is 13.8. The summed E-state index contributed by atoms with van der Waals surface area (Å²) in [5, 5.41) is 21.3. The lowest BCUT2D eigenvalue weighted by atomic mass is 9.77. The lowest BCUT2D eigenvalue weighted by Gasteiger charge is -2.37. The standard InChI is InChI=1S/C13H13ClN4O3/c14-9-2-4-10(5-3-9)21-8-11-15-16-17-18(11)13(12(19)20)6-1-7-13/h2-5H,1,6-8H2,(H,19,20). The normalized spacial score (nSPS) is 16.2. The first-order chi connectivity index (χ1) is 10.1. The van der Waals surface area contributed by atoms with Crippen LogP contribution in [0, 0.1) is 0 Å². The van der Waals surface area contributed by atoms with E-state index in [1.807, 2.05) is 0 Å². The first-order valence-electron chi connectivity index (χ1n) is 6.51. The number of carboxylic acids is 1. The van der Waals surface area contributed by atoms with Gasteiger partial charge >= 0.3 is 5.97 Å². The van der Waals surface area contributed by atoms with Crippen molar-refractivity contribution in [3.05, 3.63) is 35.1 Å². The van der Waals surface area contributed by atoms with Gasteiger partial charge in [0, 0.05) is 5.02 Å². The number of hydrogen-bond donors (Lipinski definition) is 1. The van der Waals surface area contributed by atoms with Crippen molar-refractivity contribution in [3.63, 3.8) is 0 Å². The smallest absolute Gasteiger partial charge is 0.331 e. The molecule has 1 aromatic carbocycles. The SMILES string of the molecule is O=C(O)C1(n2nnnc2COc2ccc(Cl)cc2)CCC1. The second-order valence-corrected chi connectivity index (χ2v) is 5.38. The molecule has 1 aromatic heterocycles. The Morgan fingerprint density at radius 1 is 1.38 bits per heavy atom. The van der Waals surface area contributed by atoms with Crippen molar-refractivity contribution in [1.29, 1.82) is 0 Å². The largest absolute Gasteiger partial charge is 0.486 e. The summed E-state index contributed by atoms with van der Waals surface area (Å²) < 4.78 is 6.94. The molecule has 0 amide bonds. The number of ether oxygens (including phenoxy) is 1. The highest BCUT2D eigenvalue weighted by Gasteiger charge is 2.49. The van der Waals surface area contributed by atoms with E-state index in [-0.39, 0.29) is 6.61 Å². The zero-order chi connectivity index (χ0) is 14.9. The minimum absolute atomic E-state index is 0.101. The maximum Gasteiger partial charge on any atom is 0.331 e. The topological polar surface area (TPSA) is 90.1 Å². The van der Waals surface area contributed by atoms with E-state index >= 15 is 0 Å². The minimum Gasteiger partial charge on any atom is -0.486 e. The molecule has 1 heterocycles. The van der Waals surface area contributed by atoms with Crippen molar-refractivity contribution in [2.75, 3.05) is 0 Å². The molecule has 2 aromatic rings. The molecular weight excluding hydrogens is 296 g/mol. The fourth-order valence-corrected chi connectivity index (χ4v) is 2.46. The molecule has 1 N–H and O–H groups in total. The Morgan fingerprint density at radius 3 is 2.67 bits per heavy atom. The highest BCUT2D eigenvalue weighted by molar-refractivity contribution is 6.30. The third-order valence-electron chi connectivity index (χ3n) is 3.70. The van der Waals surface area contributed by atoms with Crippen LogP contribution in [-0.2, 0) is 16.9 Å². The van der Waals surface area contributed by atoms with Gasteiger partial charge in [-0.2, -0.15) is 0 Å². The van der Waals surface area contributed by atoms with Crippen LogP contribution in [0.4, 0.5) is 0 Å². The molecule has 3 rings (SSSR count). The molecule has 1 fully saturated rings. The van der Waals surface area contributed by atoms with E-state index in [9.17, 15) is 9.90 Å². The highest BCUT2D eigenvalue weighted by Crippen LogP contribution is 2.39. The van der Waals surface area contributed by atoms with Gasteiger partial charge in [-0.1, -0.05) is 11.6 Å². The number of tetrazole rings is 1. The van der Waals surface area contributed by atoms with Gasteiger partial charge in [-0.3, -0.25) is 0 Å². The molecule has 0 aliphatic heterocycles. The molecule has 21 heavy (non-hydrogen) atoms. The van der Waals surface area contributed by atoms with Gasteiger partial charge in [0.05, 0.1) is 0 Å². The summed E-state index contributed by atoms with van der Waals surface area (Å²) in [4.78, 5) is 11.5. The van der Waals surface area contributed by atoms with Gasteiger partial charge in [-0.05, 0) is 54.0 Å². The summed E-state index contributed by atoms with van der Waals surface area (Å²) in [5.74, 6) is 0.104. The molecule has 0 spiro atoms. The van der Waals surface area contributed by atoms with Gasteiger partial charge in [0.15, 0.2) is 11.4 Å². The predicted octanol–water partition coefficient (Wildman–Crippen LogP) is 1.87. The third kappa shape index (κ3) is 2.44. The molecule has 1 aliphatic rings. The first-order valence-corrected chi connectivity index (χ1v) is 6.89. The lowest BCUT2D eigenvalue weighted by Crippen LogP contribution is -2.49. The van der Waals surface area contributed by atoms with Crippen molar-refractivity contribution in [2.24, 2.45) is 0 Å². The van der Waals surface area contributed by atoms with E-state index < -0.39 is 11.5 Å². The zero-order valence-electron chi connectivity index (χ0n) is 11.1. The fraction of sp³-hybridized carbons (Fsp3) is 0.385. The van der Waals surface area contributed by atoms with Crippen LogP contribution >= 0.6 is 11.6 Å². The number of carboxylic acid groups (broad SMARTS) is 1. The Balaban J connectivity index is 1.77. The van der Waals surface area contributed by atoms with Crippen LogP contribution in [0.5, 0.6) is 5.75 Å². The second kappa shape index (κ2) is 5.33. The van der Waals surface area contributed by atoms with Crippen molar-refractivity contribution >= 4 is 17.6 Å². The number of halogens is 1. The fourth-order valence-electron chi connectivity index (χ4n) is 2.33. The van der Waals surface area contributed by atoms with Crippen LogP contribution in [0.2, 0.25) is 5.02 Å². The van der Waals surface area contributed by atoms with Gasteiger partial charge in [-0.25, -0.2) is 9.48 Å². The van der Waals surface area contributed by atoms with Crippen LogP contribution in [0.1, 0.15) is 25.1 Å². The maximum atomic E-state index is 11.5. The number of aliphatic carboxylic acids is 1. The zero-order valence-corrected chi connectivity index (χ0v) is 11.8. The van der Waals surface area contributed by atoms with E-state index in [4.69, 9.17) is 16.3 Å². The molecule has 1 aliphatic carbocycles. The molecule has 0 unspecified atom stereocenters. The number of hydrogen-bond acceptors (Lipinski definition) is 5. The van der Waals surface area contributed by atoms with E-state index in [1.54, 1.807) is 24.3 Å². The van der Waals surface area contributed by atoms with Gasteiger partial charge < -0.3 is 9.84 Å². The molecule has 0 bridgehead atoms. The number of carbonyl (C=O) groups is 1. The van der Waals surface area contributed by atoms with Crippen molar-refractivity contribution in [3.8, 4) is 5.75 Å². The molecule has 0 radical (unpaired) electrons. The number of aromatic nitrogens is 4. The summed E-state index contributed by atoms with van der Waals surface area (Å²) in [7, 11) is 0. The van der Waals surface area contributed by atoms with E-state index in [1.165, 1.54) is 4.68 Å². The van der Waals surface area contributed by atoms with Gasteiger partial charge in [0.1, 0.15) is 12.4 Å². The number of nitrogens with zero attached hydrogens (tertiary/aromatic N) is 4. The Labute approximate surface area is 125 Å². The predicted molar refractivity (Wildman–Crippen MR) is 73.1 cm³/mol.